The summed E-state index contributed by atoms with van der Waals surface area (Å²) in [6, 6.07) is 19.5. The summed E-state index contributed by atoms with van der Waals surface area (Å²) in [5, 5.41) is 3.94. The highest BCUT2D eigenvalue weighted by Gasteiger charge is 2.15. The molecule has 4 aromatic rings. The molecule has 0 bridgehead atoms. The van der Waals surface area contributed by atoms with Gasteiger partial charge in [0.15, 0.2) is 0 Å². The van der Waals surface area contributed by atoms with E-state index in [1.807, 2.05) is 67.6 Å². The number of carbonyl (C=O) groups is 1. The van der Waals surface area contributed by atoms with E-state index in [9.17, 15) is 4.79 Å². The number of furan rings is 1. The Labute approximate surface area is 193 Å². The van der Waals surface area contributed by atoms with Crippen molar-refractivity contribution >= 4 is 28.1 Å². The number of fused-ring (bicyclic) bond motifs is 1. The van der Waals surface area contributed by atoms with Crippen molar-refractivity contribution in [3.05, 3.63) is 84.1 Å². The summed E-state index contributed by atoms with van der Waals surface area (Å²) in [5.41, 5.74) is 6.25. The number of amides is 1. The maximum atomic E-state index is 12.8. The highest BCUT2D eigenvalue weighted by atomic mass is 16.5. The lowest BCUT2D eigenvalue weighted by Crippen LogP contribution is -2.10. The van der Waals surface area contributed by atoms with Crippen LogP contribution in [-0.4, -0.2) is 20.1 Å². The molecule has 0 spiro atoms. The van der Waals surface area contributed by atoms with Crippen LogP contribution in [0.5, 0.6) is 11.5 Å². The molecule has 1 heterocycles. The second-order valence-corrected chi connectivity index (χ2v) is 7.75. The number of ether oxygens (including phenoxy) is 2. The lowest BCUT2D eigenvalue weighted by Gasteiger charge is -2.11. The van der Waals surface area contributed by atoms with E-state index in [4.69, 9.17) is 13.9 Å². The highest BCUT2D eigenvalue weighted by Crippen LogP contribution is 2.37. The second kappa shape index (κ2) is 9.65. The number of allylic oxidation sites excluding steroid dienone is 1. The molecule has 0 aliphatic heterocycles. The van der Waals surface area contributed by atoms with Gasteiger partial charge in [-0.3, -0.25) is 4.79 Å². The van der Waals surface area contributed by atoms with Gasteiger partial charge >= 0.3 is 0 Å². The van der Waals surface area contributed by atoms with E-state index < -0.39 is 0 Å². The molecular formula is C28H27NO4. The number of rotatable bonds is 7. The molecule has 0 unspecified atom stereocenters. The molecule has 5 nitrogen and oxygen atoms in total. The Morgan fingerprint density at radius 1 is 1.03 bits per heavy atom. The van der Waals surface area contributed by atoms with Crippen LogP contribution in [0.15, 0.2) is 77.4 Å². The predicted octanol–water partition coefficient (Wildman–Crippen LogP) is 6.72. The van der Waals surface area contributed by atoms with E-state index in [2.05, 4.69) is 12.2 Å². The number of methoxy groups -OCH3 is 2. The van der Waals surface area contributed by atoms with Crippen LogP contribution in [0.1, 0.15) is 25.0 Å². The molecule has 0 saturated heterocycles. The summed E-state index contributed by atoms with van der Waals surface area (Å²) in [5.74, 6) is 1.26. The summed E-state index contributed by atoms with van der Waals surface area (Å²) >= 11 is 0. The van der Waals surface area contributed by atoms with Gasteiger partial charge in [-0.25, -0.2) is 0 Å². The summed E-state index contributed by atoms with van der Waals surface area (Å²) in [4.78, 5) is 12.8. The van der Waals surface area contributed by atoms with Crippen LogP contribution >= 0.6 is 0 Å². The number of nitrogens with one attached hydrogen (secondary N) is 1. The predicted molar refractivity (Wildman–Crippen MR) is 133 cm³/mol. The lowest BCUT2D eigenvalue weighted by molar-refractivity contribution is -0.111. The van der Waals surface area contributed by atoms with Gasteiger partial charge in [0.1, 0.15) is 17.1 Å². The molecule has 4 rings (SSSR count). The van der Waals surface area contributed by atoms with Gasteiger partial charge in [-0.15, -0.1) is 0 Å². The van der Waals surface area contributed by atoms with Crippen molar-refractivity contribution in [3.63, 3.8) is 0 Å². The van der Waals surface area contributed by atoms with Gasteiger partial charge in [-0.2, -0.15) is 0 Å². The molecular weight excluding hydrogens is 414 g/mol. The fourth-order valence-corrected chi connectivity index (χ4v) is 3.92. The van der Waals surface area contributed by atoms with E-state index >= 15 is 0 Å². The molecule has 0 saturated carbocycles. The Morgan fingerprint density at radius 3 is 2.48 bits per heavy atom. The zero-order chi connectivity index (χ0) is 23.4. The van der Waals surface area contributed by atoms with E-state index in [0.717, 1.165) is 56.7 Å². The summed E-state index contributed by atoms with van der Waals surface area (Å²) in [6.07, 6.45) is 4.19. The first-order valence-corrected chi connectivity index (χ1v) is 10.8. The third-order valence-electron chi connectivity index (χ3n) is 5.73. The van der Waals surface area contributed by atoms with Crippen molar-refractivity contribution in [2.75, 3.05) is 19.5 Å². The summed E-state index contributed by atoms with van der Waals surface area (Å²) in [6.45, 7) is 3.97. The Bertz CT molecular complexity index is 1320. The van der Waals surface area contributed by atoms with Crippen molar-refractivity contribution in [2.45, 2.75) is 20.3 Å². The molecule has 0 aliphatic carbocycles. The van der Waals surface area contributed by atoms with Crippen LogP contribution in [0.25, 0.3) is 27.7 Å². The number of aryl methyl sites for hydroxylation is 1. The Hall–Kier alpha value is -3.99. The van der Waals surface area contributed by atoms with Crippen LogP contribution in [0.2, 0.25) is 0 Å². The molecule has 0 atom stereocenters. The minimum Gasteiger partial charge on any atom is -0.497 e. The third kappa shape index (κ3) is 4.62. The molecule has 0 aliphatic rings. The average Bonchev–Trinajstić information content (AvgIpc) is 3.26. The number of anilines is 1. The van der Waals surface area contributed by atoms with Crippen molar-refractivity contribution in [1.29, 1.82) is 0 Å². The van der Waals surface area contributed by atoms with Gasteiger partial charge < -0.3 is 19.2 Å². The van der Waals surface area contributed by atoms with E-state index in [-0.39, 0.29) is 5.91 Å². The largest absolute Gasteiger partial charge is 0.497 e. The van der Waals surface area contributed by atoms with Crippen molar-refractivity contribution < 1.29 is 18.7 Å². The number of hydrogen-bond acceptors (Lipinski definition) is 4. The third-order valence-corrected chi connectivity index (χ3v) is 5.73. The average molecular weight is 442 g/mol. The molecule has 168 valence electrons. The van der Waals surface area contributed by atoms with E-state index in [1.54, 1.807) is 26.6 Å². The van der Waals surface area contributed by atoms with Crippen molar-refractivity contribution in [3.8, 4) is 22.6 Å². The molecule has 3 aromatic carbocycles. The van der Waals surface area contributed by atoms with Crippen LogP contribution in [0.4, 0.5) is 5.69 Å². The Kier molecular flexibility index (Phi) is 6.50. The fraction of sp³-hybridized carbons (Fsp3) is 0.179. The first-order chi connectivity index (χ1) is 16.0. The minimum absolute atomic E-state index is 0.182. The zero-order valence-corrected chi connectivity index (χ0v) is 19.3. The fourth-order valence-electron chi connectivity index (χ4n) is 3.92. The first-order valence-electron chi connectivity index (χ1n) is 10.8. The van der Waals surface area contributed by atoms with Gasteiger partial charge in [0.25, 0.3) is 0 Å². The van der Waals surface area contributed by atoms with Gasteiger partial charge in [-0.05, 0) is 54.3 Å². The molecule has 0 fully saturated rings. The molecule has 0 radical (unpaired) electrons. The minimum atomic E-state index is -0.182. The van der Waals surface area contributed by atoms with Crippen molar-refractivity contribution in [1.82, 2.24) is 0 Å². The van der Waals surface area contributed by atoms with Crippen LogP contribution in [0.3, 0.4) is 0 Å². The number of carbonyl (C=O) groups excluding carboxylic acids is 1. The maximum absolute atomic E-state index is 12.8. The van der Waals surface area contributed by atoms with Gasteiger partial charge in [-0.1, -0.05) is 37.3 Å². The lowest BCUT2D eigenvalue weighted by atomic mass is 9.99. The molecule has 5 heteroatoms. The van der Waals surface area contributed by atoms with Gasteiger partial charge in [0.05, 0.1) is 20.5 Å². The molecule has 1 aromatic heterocycles. The van der Waals surface area contributed by atoms with Crippen LogP contribution in [-0.2, 0) is 11.2 Å². The monoisotopic (exact) mass is 441 g/mol. The summed E-state index contributed by atoms with van der Waals surface area (Å²) in [7, 11) is 3.26. The molecule has 1 N–H and O–H groups in total. The van der Waals surface area contributed by atoms with E-state index in [1.165, 1.54) is 0 Å². The highest BCUT2D eigenvalue weighted by molar-refractivity contribution is 6.05. The second-order valence-electron chi connectivity index (χ2n) is 7.75. The molecule has 1 amide bonds. The normalized spacial score (nSPS) is 11.5. The number of benzene rings is 3. The van der Waals surface area contributed by atoms with E-state index in [0.29, 0.717) is 5.75 Å². The smallest absolute Gasteiger partial charge is 0.248 e. The molecule has 33 heavy (non-hydrogen) atoms. The van der Waals surface area contributed by atoms with Gasteiger partial charge in [0.2, 0.25) is 5.91 Å². The van der Waals surface area contributed by atoms with Crippen LogP contribution in [0, 0.1) is 0 Å². The van der Waals surface area contributed by atoms with Gasteiger partial charge in [0, 0.05) is 34.3 Å². The zero-order valence-electron chi connectivity index (χ0n) is 19.3. The number of para-hydroxylation sites is 1. The Balaban J connectivity index is 1.70. The Morgan fingerprint density at radius 2 is 1.79 bits per heavy atom. The first kappa shape index (κ1) is 22.2. The van der Waals surface area contributed by atoms with Crippen LogP contribution < -0.4 is 14.8 Å². The topological polar surface area (TPSA) is 60.7 Å². The van der Waals surface area contributed by atoms with Crippen molar-refractivity contribution in [2.24, 2.45) is 0 Å². The SMILES string of the molecule is CCc1ccccc1NC(=O)/C=C(\C)c1cc2c(-c3ccc(OC)cc3)coc2cc1OC. The number of hydrogen-bond donors (Lipinski definition) is 1. The standard InChI is InChI=1S/C28H27NO4/c1-5-19-8-6-7-9-25(19)29-28(30)14-18(2)22-15-23-24(17-33-27(23)16-26(22)32-4)20-10-12-21(31-3)13-11-20/h6-17H,5H2,1-4H3,(H,29,30)/b18-14+. The maximum Gasteiger partial charge on any atom is 0.248 e. The quantitative estimate of drug-likeness (QED) is 0.323. The summed E-state index contributed by atoms with van der Waals surface area (Å²) < 4.78 is 16.7.